The van der Waals surface area contributed by atoms with Crippen molar-refractivity contribution in [2.45, 2.75) is 33.1 Å². The van der Waals surface area contributed by atoms with Crippen molar-refractivity contribution < 1.29 is 13.6 Å². The summed E-state index contributed by atoms with van der Waals surface area (Å²) in [5.41, 5.74) is 3.77. The number of carbonyl (C=O) groups is 1. The fraction of sp³-hybridized carbons (Fsp3) is 0.316. The summed E-state index contributed by atoms with van der Waals surface area (Å²) in [6, 6.07) is 9.49. The predicted octanol–water partition coefficient (Wildman–Crippen LogP) is 4.53. The Morgan fingerprint density at radius 1 is 1.00 bits per heavy atom. The number of hydrogen-bond acceptors (Lipinski definition) is 2. The highest BCUT2D eigenvalue weighted by molar-refractivity contribution is 5.91. The average Bonchev–Trinajstić information content (AvgIpc) is 2.58. The van der Waals surface area contributed by atoms with Crippen molar-refractivity contribution in [3.63, 3.8) is 0 Å². The van der Waals surface area contributed by atoms with Crippen molar-refractivity contribution in [3.05, 3.63) is 59.2 Å². The molecule has 128 valence electrons. The molecule has 0 aromatic heterocycles. The van der Waals surface area contributed by atoms with Gasteiger partial charge < -0.3 is 10.6 Å². The van der Waals surface area contributed by atoms with E-state index in [2.05, 4.69) is 36.6 Å². The molecule has 0 radical (unpaired) electrons. The monoisotopic (exact) mass is 332 g/mol. The highest BCUT2D eigenvalue weighted by atomic mass is 19.2. The first-order valence-corrected chi connectivity index (χ1v) is 8.14. The van der Waals surface area contributed by atoms with E-state index >= 15 is 0 Å². The van der Waals surface area contributed by atoms with Crippen molar-refractivity contribution in [2.24, 2.45) is 0 Å². The van der Waals surface area contributed by atoms with Crippen molar-refractivity contribution in [2.75, 3.05) is 17.2 Å². The number of aryl methyl sites for hydroxylation is 2. The second kappa shape index (κ2) is 8.43. The molecule has 2 aromatic rings. The van der Waals surface area contributed by atoms with Crippen LogP contribution in [0.25, 0.3) is 0 Å². The van der Waals surface area contributed by atoms with Crippen LogP contribution in [0, 0.1) is 11.6 Å². The Bertz CT molecular complexity index is 694. The van der Waals surface area contributed by atoms with E-state index in [1.165, 1.54) is 17.2 Å². The molecule has 0 unspecified atom stereocenters. The van der Waals surface area contributed by atoms with E-state index < -0.39 is 11.6 Å². The van der Waals surface area contributed by atoms with Crippen molar-refractivity contribution in [1.82, 2.24) is 0 Å². The Labute approximate surface area is 141 Å². The van der Waals surface area contributed by atoms with E-state index in [0.29, 0.717) is 6.54 Å². The van der Waals surface area contributed by atoms with Gasteiger partial charge in [-0.1, -0.05) is 32.0 Å². The maximum absolute atomic E-state index is 13.1. The van der Waals surface area contributed by atoms with Crippen LogP contribution in [-0.2, 0) is 17.6 Å². The summed E-state index contributed by atoms with van der Waals surface area (Å²) in [5, 5.41) is 5.89. The van der Waals surface area contributed by atoms with Crippen LogP contribution >= 0.6 is 0 Å². The number of carbonyl (C=O) groups excluding carboxylic acids is 1. The standard InChI is InChI=1S/C19H22F2N2O/c1-3-13-6-5-7-14(4-2)19(13)22-11-10-18(24)23-15-8-9-16(20)17(21)12-15/h5-9,12,22H,3-4,10-11H2,1-2H3,(H,23,24). The lowest BCUT2D eigenvalue weighted by molar-refractivity contribution is -0.115. The molecule has 5 heteroatoms. The Balaban J connectivity index is 1.92. The molecule has 0 heterocycles. The number of rotatable bonds is 7. The Morgan fingerprint density at radius 2 is 1.67 bits per heavy atom. The molecular weight excluding hydrogens is 310 g/mol. The minimum atomic E-state index is -0.976. The van der Waals surface area contributed by atoms with E-state index in [4.69, 9.17) is 0 Å². The Kier molecular flexibility index (Phi) is 6.29. The van der Waals surface area contributed by atoms with E-state index in [-0.39, 0.29) is 18.0 Å². The summed E-state index contributed by atoms with van der Waals surface area (Å²) in [5.74, 6) is -2.16. The summed E-state index contributed by atoms with van der Waals surface area (Å²) in [6.07, 6.45) is 2.06. The van der Waals surface area contributed by atoms with Crippen LogP contribution in [0.5, 0.6) is 0 Å². The molecule has 0 bridgehead atoms. The summed E-state index contributed by atoms with van der Waals surface area (Å²) in [6.45, 7) is 4.66. The number of benzene rings is 2. The van der Waals surface area contributed by atoms with Gasteiger partial charge in [0.25, 0.3) is 0 Å². The first-order chi connectivity index (χ1) is 11.5. The van der Waals surface area contributed by atoms with Crippen LogP contribution in [0.2, 0.25) is 0 Å². The van der Waals surface area contributed by atoms with Gasteiger partial charge in [0.05, 0.1) is 0 Å². The van der Waals surface area contributed by atoms with E-state index in [0.717, 1.165) is 30.7 Å². The van der Waals surface area contributed by atoms with Crippen LogP contribution in [0.3, 0.4) is 0 Å². The van der Waals surface area contributed by atoms with Crippen LogP contribution in [0.1, 0.15) is 31.4 Å². The van der Waals surface area contributed by atoms with Gasteiger partial charge in [0.15, 0.2) is 11.6 Å². The first-order valence-electron chi connectivity index (χ1n) is 8.14. The van der Waals surface area contributed by atoms with Gasteiger partial charge in [0.2, 0.25) is 5.91 Å². The Hall–Kier alpha value is -2.43. The average molecular weight is 332 g/mol. The summed E-state index contributed by atoms with van der Waals surface area (Å²) in [7, 11) is 0. The number of hydrogen-bond donors (Lipinski definition) is 2. The molecule has 24 heavy (non-hydrogen) atoms. The van der Waals surface area contributed by atoms with Crippen molar-refractivity contribution >= 4 is 17.3 Å². The number of anilines is 2. The number of para-hydroxylation sites is 1. The van der Waals surface area contributed by atoms with E-state index in [9.17, 15) is 13.6 Å². The maximum Gasteiger partial charge on any atom is 0.226 e. The topological polar surface area (TPSA) is 41.1 Å². The van der Waals surface area contributed by atoms with E-state index in [1.54, 1.807) is 0 Å². The summed E-state index contributed by atoms with van der Waals surface area (Å²) >= 11 is 0. The smallest absolute Gasteiger partial charge is 0.226 e. The molecule has 0 saturated carbocycles. The van der Waals surface area contributed by atoms with Crippen LogP contribution in [0.15, 0.2) is 36.4 Å². The summed E-state index contributed by atoms with van der Waals surface area (Å²) < 4.78 is 26.0. The molecule has 0 atom stereocenters. The van der Waals surface area contributed by atoms with Crippen molar-refractivity contribution in [1.29, 1.82) is 0 Å². The SMILES string of the molecule is CCc1cccc(CC)c1NCCC(=O)Nc1ccc(F)c(F)c1. The second-order valence-corrected chi connectivity index (χ2v) is 5.51. The molecular formula is C19H22F2N2O. The minimum absolute atomic E-state index is 0.236. The third-order valence-corrected chi connectivity index (χ3v) is 3.86. The van der Waals surface area contributed by atoms with E-state index in [1.807, 2.05) is 6.07 Å². The molecule has 0 spiro atoms. The predicted molar refractivity (Wildman–Crippen MR) is 93.3 cm³/mol. The molecule has 2 N–H and O–H groups in total. The zero-order valence-corrected chi connectivity index (χ0v) is 14.0. The largest absolute Gasteiger partial charge is 0.384 e. The molecule has 0 aliphatic carbocycles. The molecule has 1 amide bonds. The maximum atomic E-state index is 13.1. The fourth-order valence-corrected chi connectivity index (χ4v) is 2.57. The molecule has 3 nitrogen and oxygen atoms in total. The van der Waals surface area contributed by atoms with Gasteiger partial charge in [-0.05, 0) is 36.1 Å². The molecule has 0 fully saturated rings. The second-order valence-electron chi connectivity index (χ2n) is 5.51. The number of nitrogens with one attached hydrogen (secondary N) is 2. The van der Waals surface area contributed by atoms with Gasteiger partial charge in [-0.2, -0.15) is 0 Å². The first kappa shape index (κ1) is 17.9. The van der Waals surface area contributed by atoms with Gasteiger partial charge >= 0.3 is 0 Å². The lowest BCUT2D eigenvalue weighted by Crippen LogP contribution is -2.17. The lowest BCUT2D eigenvalue weighted by Gasteiger charge is -2.15. The molecule has 0 aliphatic heterocycles. The lowest BCUT2D eigenvalue weighted by atomic mass is 10.0. The molecule has 2 aromatic carbocycles. The van der Waals surface area contributed by atoms with Gasteiger partial charge in [-0.3, -0.25) is 4.79 Å². The van der Waals surface area contributed by atoms with Crippen molar-refractivity contribution in [3.8, 4) is 0 Å². The normalized spacial score (nSPS) is 10.5. The molecule has 2 rings (SSSR count). The van der Waals surface area contributed by atoms with Gasteiger partial charge in [0.1, 0.15) is 0 Å². The highest BCUT2D eigenvalue weighted by Gasteiger charge is 2.08. The Morgan fingerprint density at radius 3 is 2.25 bits per heavy atom. The zero-order chi connectivity index (χ0) is 17.5. The number of halogens is 2. The highest BCUT2D eigenvalue weighted by Crippen LogP contribution is 2.22. The van der Waals surface area contributed by atoms with Crippen LogP contribution in [-0.4, -0.2) is 12.5 Å². The zero-order valence-electron chi connectivity index (χ0n) is 14.0. The summed E-state index contributed by atoms with van der Waals surface area (Å²) in [4.78, 5) is 11.9. The van der Waals surface area contributed by atoms with Crippen LogP contribution in [0.4, 0.5) is 20.2 Å². The fourth-order valence-electron chi connectivity index (χ4n) is 2.57. The van der Waals surface area contributed by atoms with Gasteiger partial charge in [-0.25, -0.2) is 8.78 Å². The minimum Gasteiger partial charge on any atom is -0.384 e. The third-order valence-electron chi connectivity index (χ3n) is 3.86. The molecule has 0 aliphatic rings. The number of amides is 1. The third kappa shape index (κ3) is 4.54. The van der Waals surface area contributed by atoms with Gasteiger partial charge in [0, 0.05) is 30.4 Å². The van der Waals surface area contributed by atoms with Crippen LogP contribution < -0.4 is 10.6 Å². The molecule has 0 saturated heterocycles. The van der Waals surface area contributed by atoms with Gasteiger partial charge in [-0.15, -0.1) is 0 Å². The quantitative estimate of drug-likeness (QED) is 0.782.